The minimum Gasteiger partial charge on any atom is -0.401 e. The topological polar surface area (TPSA) is 76.1 Å². The monoisotopic (exact) mass is 288 g/mol. The molecule has 21 heavy (non-hydrogen) atoms. The van der Waals surface area contributed by atoms with Crippen LogP contribution in [0.3, 0.4) is 0 Å². The van der Waals surface area contributed by atoms with Gasteiger partial charge in [0.2, 0.25) is 0 Å². The molecule has 2 rings (SSSR count). The molecule has 0 amide bonds. The highest BCUT2D eigenvalue weighted by atomic mass is 14.9. The molecule has 1 aliphatic rings. The van der Waals surface area contributed by atoms with Crippen molar-refractivity contribution in [1.82, 2.24) is 10.6 Å². The van der Waals surface area contributed by atoms with Gasteiger partial charge in [0.1, 0.15) is 0 Å². The molecule has 1 aromatic carbocycles. The van der Waals surface area contributed by atoms with Crippen molar-refractivity contribution in [1.29, 1.82) is 0 Å². The van der Waals surface area contributed by atoms with Gasteiger partial charge in [-0.3, -0.25) is 0 Å². The maximum absolute atomic E-state index is 6.30. The standard InChI is InChI=1S/C15H22N4.C2H6/c1-8-12(15(18-4)9(2)16)7-13-10(3)19-6-5-11(13)14(8)17;1-2/h7,18-19H,3,5-6,16-17H2,1-2,4H3;1-2H3/b15-9-;. The molecular weight excluding hydrogens is 260 g/mol. The predicted octanol–water partition coefficient (Wildman–Crippen LogP) is 2.59. The Morgan fingerprint density at radius 1 is 1.38 bits per heavy atom. The fourth-order valence-corrected chi connectivity index (χ4v) is 2.63. The van der Waals surface area contributed by atoms with Crippen molar-refractivity contribution in [2.45, 2.75) is 34.1 Å². The molecule has 6 N–H and O–H groups in total. The van der Waals surface area contributed by atoms with Crippen LogP contribution in [0.1, 0.15) is 43.0 Å². The summed E-state index contributed by atoms with van der Waals surface area (Å²) in [4.78, 5) is 0. The predicted molar refractivity (Wildman–Crippen MR) is 93.5 cm³/mol. The lowest BCUT2D eigenvalue weighted by Crippen LogP contribution is -2.24. The van der Waals surface area contributed by atoms with Crippen molar-refractivity contribution in [2.75, 3.05) is 19.3 Å². The van der Waals surface area contributed by atoms with Crippen LogP contribution in [0.15, 0.2) is 18.3 Å². The molecule has 0 saturated heterocycles. The number of anilines is 1. The van der Waals surface area contributed by atoms with Crippen LogP contribution in [0.4, 0.5) is 5.69 Å². The van der Waals surface area contributed by atoms with Gasteiger partial charge in [-0.1, -0.05) is 20.4 Å². The normalized spacial score (nSPS) is 14.2. The molecule has 0 fully saturated rings. The van der Waals surface area contributed by atoms with E-state index in [0.717, 1.165) is 52.4 Å². The number of benzene rings is 1. The minimum absolute atomic E-state index is 0.749. The Bertz CT molecular complexity index is 567. The number of hydrogen-bond donors (Lipinski definition) is 4. The molecule has 0 saturated carbocycles. The zero-order valence-corrected chi connectivity index (χ0v) is 13.9. The van der Waals surface area contributed by atoms with Gasteiger partial charge in [-0.2, -0.15) is 0 Å². The van der Waals surface area contributed by atoms with Crippen LogP contribution in [0, 0.1) is 6.92 Å². The lowest BCUT2D eigenvalue weighted by molar-refractivity contribution is 0.816. The number of rotatable bonds is 2. The maximum Gasteiger partial charge on any atom is 0.0602 e. The van der Waals surface area contributed by atoms with E-state index in [1.165, 1.54) is 5.56 Å². The maximum atomic E-state index is 6.30. The molecule has 0 spiro atoms. The van der Waals surface area contributed by atoms with Gasteiger partial charge in [0.25, 0.3) is 0 Å². The highest BCUT2D eigenvalue weighted by Crippen LogP contribution is 2.33. The Kier molecular flexibility index (Phi) is 5.70. The molecule has 0 bridgehead atoms. The Labute approximate surface area is 128 Å². The van der Waals surface area contributed by atoms with E-state index in [-0.39, 0.29) is 0 Å². The Morgan fingerprint density at radius 2 is 2.00 bits per heavy atom. The van der Waals surface area contributed by atoms with E-state index in [1.807, 2.05) is 34.7 Å². The Hall–Kier alpha value is -2.10. The van der Waals surface area contributed by atoms with Gasteiger partial charge < -0.3 is 22.1 Å². The third-order valence-corrected chi connectivity index (χ3v) is 3.70. The molecule has 4 nitrogen and oxygen atoms in total. The quantitative estimate of drug-likeness (QED) is 0.631. The first-order chi connectivity index (χ1) is 9.97. The second-order valence-corrected chi connectivity index (χ2v) is 4.95. The Balaban J connectivity index is 0.00000106. The Morgan fingerprint density at radius 3 is 2.52 bits per heavy atom. The minimum atomic E-state index is 0.749. The summed E-state index contributed by atoms with van der Waals surface area (Å²) in [7, 11) is 1.87. The fourth-order valence-electron chi connectivity index (χ4n) is 2.63. The zero-order valence-electron chi connectivity index (χ0n) is 13.9. The number of hydrogen-bond acceptors (Lipinski definition) is 4. The summed E-state index contributed by atoms with van der Waals surface area (Å²) in [6.45, 7) is 12.9. The van der Waals surface area contributed by atoms with E-state index in [9.17, 15) is 0 Å². The van der Waals surface area contributed by atoms with Crippen LogP contribution in [0.25, 0.3) is 11.4 Å². The number of nitrogens with two attached hydrogens (primary N) is 2. The average Bonchev–Trinajstić information content (AvgIpc) is 2.47. The molecule has 4 heteroatoms. The number of nitrogens with one attached hydrogen (secondary N) is 2. The zero-order chi connectivity index (χ0) is 16.2. The van der Waals surface area contributed by atoms with Crippen molar-refractivity contribution < 1.29 is 0 Å². The van der Waals surface area contributed by atoms with E-state index in [4.69, 9.17) is 11.5 Å². The van der Waals surface area contributed by atoms with Gasteiger partial charge >= 0.3 is 0 Å². The summed E-state index contributed by atoms with van der Waals surface area (Å²) >= 11 is 0. The van der Waals surface area contributed by atoms with Crippen LogP contribution >= 0.6 is 0 Å². The number of allylic oxidation sites excluding steroid dienone is 1. The van der Waals surface area contributed by atoms with Gasteiger partial charge in [0, 0.05) is 41.8 Å². The van der Waals surface area contributed by atoms with Crippen molar-refractivity contribution in [3.05, 3.63) is 40.6 Å². The fraction of sp³-hybridized carbons (Fsp3) is 0.412. The van der Waals surface area contributed by atoms with E-state index in [1.54, 1.807) is 0 Å². The highest BCUT2D eigenvalue weighted by Gasteiger charge is 2.20. The lowest BCUT2D eigenvalue weighted by atomic mass is 9.89. The van der Waals surface area contributed by atoms with E-state index >= 15 is 0 Å². The van der Waals surface area contributed by atoms with E-state index in [2.05, 4.69) is 23.3 Å². The molecule has 0 radical (unpaired) electrons. The third kappa shape index (κ3) is 3.15. The third-order valence-electron chi connectivity index (χ3n) is 3.70. The van der Waals surface area contributed by atoms with Crippen molar-refractivity contribution >= 4 is 17.1 Å². The molecule has 1 heterocycles. The molecule has 1 aromatic rings. The van der Waals surface area contributed by atoms with Crippen molar-refractivity contribution in [3.63, 3.8) is 0 Å². The highest BCUT2D eigenvalue weighted by molar-refractivity contribution is 5.81. The number of fused-ring (bicyclic) bond motifs is 1. The smallest absolute Gasteiger partial charge is 0.0602 e. The summed E-state index contributed by atoms with van der Waals surface area (Å²) in [5, 5.41) is 6.44. The summed E-state index contributed by atoms with van der Waals surface area (Å²) in [5.74, 6) is 0. The van der Waals surface area contributed by atoms with Gasteiger partial charge in [-0.15, -0.1) is 0 Å². The second kappa shape index (κ2) is 7.07. The summed E-state index contributed by atoms with van der Waals surface area (Å²) < 4.78 is 0. The van der Waals surface area contributed by atoms with Crippen molar-refractivity contribution in [2.24, 2.45) is 5.73 Å². The molecule has 1 aliphatic heterocycles. The van der Waals surface area contributed by atoms with Crippen LogP contribution in [-0.2, 0) is 6.42 Å². The van der Waals surface area contributed by atoms with Crippen LogP contribution < -0.4 is 22.1 Å². The molecular formula is C17H28N4. The van der Waals surface area contributed by atoms with Gasteiger partial charge in [-0.25, -0.2) is 0 Å². The first-order valence-electron chi connectivity index (χ1n) is 7.47. The largest absolute Gasteiger partial charge is 0.401 e. The summed E-state index contributed by atoms with van der Waals surface area (Å²) in [6.07, 6.45) is 0.932. The van der Waals surface area contributed by atoms with Crippen LogP contribution in [0.5, 0.6) is 0 Å². The summed E-state index contributed by atoms with van der Waals surface area (Å²) in [6, 6.07) is 2.12. The van der Waals surface area contributed by atoms with Crippen LogP contribution in [-0.4, -0.2) is 13.6 Å². The van der Waals surface area contributed by atoms with Crippen LogP contribution in [0.2, 0.25) is 0 Å². The number of nitrogen functional groups attached to an aromatic ring is 1. The van der Waals surface area contributed by atoms with E-state index in [0.29, 0.717) is 0 Å². The molecule has 0 aliphatic carbocycles. The first-order valence-corrected chi connectivity index (χ1v) is 7.47. The average molecular weight is 288 g/mol. The summed E-state index contributed by atoms with van der Waals surface area (Å²) in [5.41, 5.74) is 20.1. The second-order valence-electron chi connectivity index (χ2n) is 4.95. The van der Waals surface area contributed by atoms with Gasteiger partial charge in [0.05, 0.1) is 5.70 Å². The van der Waals surface area contributed by atoms with Gasteiger partial charge in [0.15, 0.2) is 0 Å². The van der Waals surface area contributed by atoms with E-state index < -0.39 is 0 Å². The SMILES string of the molecule is C=C1NCCc2c1cc(/C(NC)=C(\C)N)c(C)c2N.CC. The first kappa shape index (κ1) is 17.0. The molecule has 0 atom stereocenters. The van der Waals surface area contributed by atoms with Crippen molar-refractivity contribution in [3.8, 4) is 0 Å². The lowest BCUT2D eigenvalue weighted by Gasteiger charge is -2.25. The molecule has 116 valence electrons. The van der Waals surface area contributed by atoms with Gasteiger partial charge in [-0.05, 0) is 37.5 Å². The molecule has 0 aromatic heterocycles. The molecule has 0 unspecified atom stereocenters.